The van der Waals surface area contributed by atoms with Gasteiger partial charge in [0.15, 0.2) is 5.78 Å². The molecule has 3 heteroatoms. The quantitative estimate of drug-likeness (QED) is 0.707. The number of methoxy groups -OCH3 is 1. The summed E-state index contributed by atoms with van der Waals surface area (Å²) < 4.78 is 7.32. The summed E-state index contributed by atoms with van der Waals surface area (Å²) in [4.78, 5) is 12.5. The number of hydrogen-bond acceptors (Lipinski definition) is 2. The van der Waals surface area contributed by atoms with Crippen LogP contribution in [0.15, 0.2) is 48.5 Å². The van der Waals surface area contributed by atoms with Crippen LogP contribution in [0.3, 0.4) is 0 Å². The van der Waals surface area contributed by atoms with Crippen molar-refractivity contribution in [3.63, 3.8) is 0 Å². The van der Waals surface area contributed by atoms with Crippen LogP contribution in [0.5, 0.6) is 5.75 Å². The summed E-state index contributed by atoms with van der Waals surface area (Å²) >= 11 is 0. The molecule has 1 heterocycles. The molecule has 1 unspecified atom stereocenters. The van der Waals surface area contributed by atoms with Crippen LogP contribution in [-0.4, -0.2) is 17.5 Å². The largest absolute Gasteiger partial charge is 0.497 e. The molecule has 3 aromatic rings. The van der Waals surface area contributed by atoms with Crippen LogP contribution < -0.4 is 4.74 Å². The second kappa shape index (κ2) is 5.27. The molecule has 1 aliphatic carbocycles. The van der Waals surface area contributed by atoms with Gasteiger partial charge in [0.05, 0.1) is 12.8 Å². The Morgan fingerprint density at radius 2 is 1.83 bits per heavy atom. The molecule has 0 radical (unpaired) electrons. The van der Waals surface area contributed by atoms with E-state index in [0.29, 0.717) is 6.42 Å². The summed E-state index contributed by atoms with van der Waals surface area (Å²) in [6.45, 7) is 0. The zero-order chi connectivity index (χ0) is 16.0. The van der Waals surface area contributed by atoms with Crippen molar-refractivity contribution >= 4 is 16.7 Å². The van der Waals surface area contributed by atoms with Crippen molar-refractivity contribution in [1.82, 2.24) is 4.57 Å². The molecule has 0 saturated heterocycles. The number of para-hydroxylation sites is 1. The third-order valence-corrected chi connectivity index (χ3v) is 4.94. The van der Waals surface area contributed by atoms with Gasteiger partial charge in [0.25, 0.3) is 0 Å². The van der Waals surface area contributed by atoms with Crippen LogP contribution in [0.25, 0.3) is 10.9 Å². The summed E-state index contributed by atoms with van der Waals surface area (Å²) in [5.74, 6) is 1.38. The first kappa shape index (κ1) is 14.1. The van der Waals surface area contributed by atoms with E-state index >= 15 is 0 Å². The third-order valence-electron chi connectivity index (χ3n) is 4.94. The minimum Gasteiger partial charge on any atom is -0.497 e. The number of ether oxygens (including phenoxy) is 1. The number of carbonyl (C=O) groups is 1. The topological polar surface area (TPSA) is 31.2 Å². The predicted octanol–water partition coefficient (Wildman–Crippen LogP) is 4.30. The van der Waals surface area contributed by atoms with Crippen LogP contribution >= 0.6 is 0 Å². The third kappa shape index (κ3) is 2.07. The average molecular weight is 305 g/mol. The highest BCUT2D eigenvalue weighted by atomic mass is 16.5. The lowest BCUT2D eigenvalue weighted by molar-refractivity contribution is 0.0961. The number of aryl methyl sites for hydroxylation is 1. The summed E-state index contributed by atoms with van der Waals surface area (Å²) in [5.41, 5.74) is 4.44. The fourth-order valence-corrected chi connectivity index (χ4v) is 3.82. The molecular formula is C20H19NO2. The molecule has 1 aromatic heterocycles. The van der Waals surface area contributed by atoms with Gasteiger partial charge in [-0.25, -0.2) is 0 Å². The van der Waals surface area contributed by atoms with Crippen LogP contribution in [0.4, 0.5) is 0 Å². The summed E-state index contributed by atoms with van der Waals surface area (Å²) in [7, 11) is 3.67. The first-order valence-corrected chi connectivity index (χ1v) is 7.95. The molecule has 0 aliphatic heterocycles. The minimum absolute atomic E-state index is 0.253. The Morgan fingerprint density at radius 3 is 2.57 bits per heavy atom. The highest BCUT2D eigenvalue weighted by Crippen LogP contribution is 2.42. The monoisotopic (exact) mass is 305 g/mol. The number of carbonyl (C=O) groups excluding carboxylic acids is 1. The van der Waals surface area contributed by atoms with E-state index in [1.54, 1.807) is 7.11 Å². The van der Waals surface area contributed by atoms with Crippen molar-refractivity contribution in [1.29, 1.82) is 0 Å². The van der Waals surface area contributed by atoms with Gasteiger partial charge in [0, 0.05) is 30.3 Å². The average Bonchev–Trinajstić information content (AvgIpc) is 2.90. The lowest BCUT2D eigenvalue weighted by atomic mass is 9.80. The molecule has 0 saturated carbocycles. The second-order valence-electron chi connectivity index (χ2n) is 6.13. The van der Waals surface area contributed by atoms with Gasteiger partial charge in [-0.15, -0.1) is 0 Å². The molecule has 0 fully saturated rings. The molecule has 23 heavy (non-hydrogen) atoms. The molecule has 0 amide bonds. The highest BCUT2D eigenvalue weighted by Gasteiger charge is 2.32. The molecular weight excluding hydrogens is 286 g/mol. The minimum atomic E-state index is 0.253. The molecule has 1 aliphatic rings. The summed E-state index contributed by atoms with van der Waals surface area (Å²) in [6, 6.07) is 16.5. The maximum Gasteiger partial charge on any atom is 0.179 e. The van der Waals surface area contributed by atoms with Gasteiger partial charge in [-0.2, -0.15) is 0 Å². The van der Waals surface area contributed by atoms with E-state index in [1.165, 1.54) is 16.5 Å². The Kier molecular flexibility index (Phi) is 3.22. The Hall–Kier alpha value is -2.55. The van der Waals surface area contributed by atoms with Gasteiger partial charge in [0.2, 0.25) is 0 Å². The molecule has 4 rings (SSSR count). The van der Waals surface area contributed by atoms with Gasteiger partial charge in [-0.3, -0.25) is 4.79 Å². The Balaban J connectivity index is 1.94. The molecule has 3 nitrogen and oxygen atoms in total. The van der Waals surface area contributed by atoms with Crippen molar-refractivity contribution in [2.45, 2.75) is 18.8 Å². The van der Waals surface area contributed by atoms with Gasteiger partial charge in [-0.05, 0) is 35.7 Å². The number of benzene rings is 2. The molecule has 1 atom stereocenters. The standard InChI is InChI=1S/C20H19NO2/c1-21-17-6-4-3-5-16(17)19-15(11-12-18(22)20(19)21)13-7-9-14(23-2)10-8-13/h3-10,15H,11-12H2,1-2H3. The van der Waals surface area contributed by atoms with Crippen LogP contribution in [0.1, 0.15) is 40.4 Å². The van der Waals surface area contributed by atoms with E-state index in [4.69, 9.17) is 4.74 Å². The van der Waals surface area contributed by atoms with E-state index in [1.807, 2.05) is 31.3 Å². The molecule has 2 aromatic carbocycles. The zero-order valence-corrected chi connectivity index (χ0v) is 13.4. The number of nitrogens with zero attached hydrogens (tertiary/aromatic N) is 1. The van der Waals surface area contributed by atoms with Crippen molar-refractivity contribution < 1.29 is 9.53 Å². The summed E-state index contributed by atoms with van der Waals surface area (Å²) in [6.07, 6.45) is 1.47. The van der Waals surface area contributed by atoms with Crippen LogP contribution in [0.2, 0.25) is 0 Å². The van der Waals surface area contributed by atoms with E-state index in [9.17, 15) is 4.79 Å². The van der Waals surface area contributed by atoms with Gasteiger partial charge < -0.3 is 9.30 Å². The number of Topliss-reactive ketones (excluding diaryl/α,β-unsaturated/α-hetero) is 1. The Bertz CT molecular complexity index is 890. The fourth-order valence-electron chi connectivity index (χ4n) is 3.82. The molecule has 0 spiro atoms. The predicted molar refractivity (Wildman–Crippen MR) is 91.3 cm³/mol. The zero-order valence-electron chi connectivity index (χ0n) is 13.4. The van der Waals surface area contributed by atoms with Crippen molar-refractivity contribution in [2.24, 2.45) is 7.05 Å². The number of hydrogen-bond donors (Lipinski definition) is 0. The lowest BCUT2D eigenvalue weighted by Gasteiger charge is -2.23. The first-order chi connectivity index (χ1) is 11.2. The molecule has 0 N–H and O–H groups in total. The number of ketones is 1. The molecule has 0 bridgehead atoms. The SMILES string of the molecule is COc1ccc(C2CCC(=O)c3c2c2ccccc2n3C)cc1. The Morgan fingerprint density at radius 1 is 1.09 bits per heavy atom. The normalized spacial score (nSPS) is 17.3. The fraction of sp³-hybridized carbons (Fsp3) is 0.250. The van der Waals surface area contributed by atoms with E-state index in [-0.39, 0.29) is 11.7 Å². The van der Waals surface area contributed by atoms with Crippen LogP contribution in [-0.2, 0) is 7.05 Å². The van der Waals surface area contributed by atoms with Gasteiger partial charge in [-0.1, -0.05) is 30.3 Å². The smallest absolute Gasteiger partial charge is 0.179 e. The summed E-state index contributed by atoms with van der Waals surface area (Å²) in [5, 5.41) is 1.19. The van der Waals surface area contributed by atoms with Gasteiger partial charge >= 0.3 is 0 Å². The maximum atomic E-state index is 12.5. The lowest BCUT2D eigenvalue weighted by Crippen LogP contribution is -2.18. The Labute approximate surface area is 135 Å². The van der Waals surface area contributed by atoms with Crippen molar-refractivity contribution in [3.05, 3.63) is 65.4 Å². The van der Waals surface area contributed by atoms with Crippen molar-refractivity contribution in [3.8, 4) is 5.75 Å². The highest BCUT2D eigenvalue weighted by molar-refractivity contribution is 6.04. The maximum absolute atomic E-state index is 12.5. The number of fused-ring (bicyclic) bond motifs is 3. The molecule has 116 valence electrons. The second-order valence-corrected chi connectivity index (χ2v) is 6.13. The first-order valence-electron chi connectivity index (χ1n) is 7.95. The van der Waals surface area contributed by atoms with Gasteiger partial charge in [0.1, 0.15) is 5.75 Å². The van der Waals surface area contributed by atoms with E-state index in [2.05, 4.69) is 28.8 Å². The van der Waals surface area contributed by atoms with Crippen LogP contribution in [0, 0.1) is 0 Å². The van der Waals surface area contributed by atoms with E-state index in [0.717, 1.165) is 23.4 Å². The van der Waals surface area contributed by atoms with E-state index < -0.39 is 0 Å². The number of aromatic nitrogens is 1. The van der Waals surface area contributed by atoms with Crippen molar-refractivity contribution in [2.75, 3.05) is 7.11 Å². The number of rotatable bonds is 2.